The molecule has 0 atom stereocenters. The molecule has 242 valence electrons. The van der Waals surface area contributed by atoms with Gasteiger partial charge in [-0.3, -0.25) is 9.69 Å². The molecule has 0 bridgehead atoms. The van der Waals surface area contributed by atoms with Crippen LogP contribution < -0.4 is 23.8 Å². The molecule has 0 N–H and O–H groups in total. The quantitative estimate of drug-likeness (QED) is 0.128. The predicted molar refractivity (Wildman–Crippen MR) is 194 cm³/mol. The molecule has 1 saturated heterocycles. The van der Waals surface area contributed by atoms with E-state index in [0.717, 1.165) is 16.7 Å². The molecule has 1 fully saturated rings. The summed E-state index contributed by atoms with van der Waals surface area (Å²) in [4.78, 5) is 20.6. The number of nitrogens with zero attached hydrogens (tertiary/aromatic N) is 2. The van der Waals surface area contributed by atoms with E-state index in [-0.39, 0.29) is 12.5 Å². The number of carbonyl (C=O) groups excluding carboxylic acids is 1. The maximum Gasteiger partial charge on any atom is 0.271 e. The van der Waals surface area contributed by atoms with Gasteiger partial charge in [-0.25, -0.2) is 4.99 Å². The van der Waals surface area contributed by atoms with Gasteiger partial charge < -0.3 is 18.9 Å². The summed E-state index contributed by atoms with van der Waals surface area (Å²) in [5, 5.41) is 1.69. The Balaban J connectivity index is 1.19. The number of carbonyl (C=O) groups is 1. The van der Waals surface area contributed by atoms with Crippen molar-refractivity contribution >= 4 is 63.5 Å². The SMILES string of the molecule is COc1cc(/C=C2/SC(=Nc3ccc(Cl)cc3)N(c3ccc(Cl)cc3)C2=O)ccc1OCc1ccc(OCc2ccccc2)c(OC)c1. The third-order valence-electron chi connectivity index (χ3n) is 7.29. The fraction of sp³-hybridized carbons (Fsp3) is 0.105. The van der Waals surface area contributed by atoms with Gasteiger partial charge in [-0.1, -0.05) is 65.7 Å². The number of amidine groups is 1. The third kappa shape index (κ3) is 7.97. The smallest absolute Gasteiger partial charge is 0.271 e. The Morgan fingerprint density at radius 2 is 1.29 bits per heavy atom. The van der Waals surface area contributed by atoms with E-state index in [1.807, 2.05) is 72.8 Å². The average molecular weight is 698 g/mol. The normalized spacial score (nSPS) is 14.4. The van der Waals surface area contributed by atoms with E-state index >= 15 is 0 Å². The Morgan fingerprint density at radius 3 is 1.96 bits per heavy atom. The summed E-state index contributed by atoms with van der Waals surface area (Å²) in [6, 6.07) is 35.4. The molecule has 0 unspecified atom stereocenters. The summed E-state index contributed by atoms with van der Waals surface area (Å²) in [5.74, 6) is 2.14. The van der Waals surface area contributed by atoms with Crippen LogP contribution in [-0.4, -0.2) is 25.3 Å². The lowest BCUT2D eigenvalue weighted by Gasteiger charge is -2.15. The molecule has 6 rings (SSSR count). The van der Waals surface area contributed by atoms with Crippen molar-refractivity contribution in [1.82, 2.24) is 0 Å². The number of methoxy groups -OCH3 is 2. The summed E-state index contributed by atoms with van der Waals surface area (Å²) in [7, 11) is 3.19. The largest absolute Gasteiger partial charge is 0.493 e. The Morgan fingerprint density at radius 1 is 0.688 bits per heavy atom. The van der Waals surface area contributed by atoms with Gasteiger partial charge >= 0.3 is 0 Å². The van der Waals surface area contributed by atoms with Crippen LogP contribution >= 0.6 is 35.0 Å². The number of halogens is 2. The van der Waals surface area contributed by atoms with Crippen LogP contribution in [-0.2, 0) is 18.0 Å². The average Bonchev–Trinajstić information content (AvgIpc) is 3.41. The van der Waals surface area contributed by atoms with Crippen LogP contribution in [0.25, 0.3) is 6.08 Å². The first-order valence-corrected chi connectivity index (χ1v) is 16.5. The molecular formula is C38H30Cl2N2O5S. The van der Waals surface area contributed by atoms with Crippen molar-refractivity contribution in [1.29, 1.82) is 0 Å². The van der Waals surface area contributed by atoms with Gasteiger partial charge in [0.2, 0.25) is 0 Å². The van der Waals surface area contributed by atoms with Gasteiger partial charge in [0.1, 0.15) is 13.2 Å². The number of anilines is 1. The number of hydrogen-bond acceptors (Lipinski definition) is 7. The molecule has 1 amide bonds. The summed E-state index contributed by atoms with van der Waals surface area (Å²) in [6.07, 6.45) is 1.81. The van der Waals surface area contributed by atoms with E-state index in [4.69, 9.17) is 47.1 Å². The van der Waals surface area contributed by atoms with E-state index in [1.165, 1.54) is 11.8 Å². The molecule has 7 nitrogen and oxygen atoms in total. The van der Waals surface area contributed by atoms with E-state index in [2.05, 4.69) is 0 Å². The maximum atomic E-state index is 13.7. The van der Waals surface area contributed by atoms with Crippen LogP contribution in [0, 0.1) is 0 Å². The van der Waals surface area contributed by atoms with Crippen LogP contribution in [0.3, 0.4) is 0 Å². The zero-order valence-electron chi connectivity index (χ0n) is 26.1. The minimum atomic E-state index is -0.209. The Bertz CT molecular complexity index is 1970. The van der Waals surface area contributed by atoms with E-state index in [0.29, 0.717) is 61.1 Å². The van der Waals surface area contributed by atoms with Crippen molar-refractivity contribution in [2.75, 3.05) is 19.1 Å². The van der Waals surface area contributed by atoms with Gasteiger partial charge in [0.05, 0.1) is 30.5 Å². The predicted octanol–water partition coefficient (Wildman–Crippen LogP) is 9.98. The van der Waals surface area contributed by atoms with Gasteiger partial charge in [0, 0.05) is 10.0 Å². The molecule has 0 aromatic heterocycles. The van der Waals surface area contributed by atoms with Crippen molar-refractivity contribution in [3.8, 4) is 23.0 Å². The molecule has 5 aromatic rings. The monoisotopic (exact) mass is 696 g/mol. The molecule has 1 heterocycles. The van der Waals surface area contributed by atoms with Crippen molar-refractivity contribution in [3.05, 3.63) is 147 Å². The minimum Gasteiger partial charge on any atom is -0.493 e. The first-order chi connectivity index (χ1) is 23.4. The molecule has 0 aliphatic carbocycles. The van der Waals surface area contributed by atoms with Crippen LogP contribution in [0.2, 0.25) is 10.0 Å². The third-order valence-corrected chi connectivity index (χ3v) is 8.76. The topological polar surface area (TPSA) is 69.6 Å². The van der Waals surface area contributed by atoms with Gasteiger partial charge in [-0.2, -0.15) is 0 Å². The highest BCUT2D eigenvalue weighted by molar-refractivity contribution is 8.19. The Kier molecular flexibility index (Phi) is 10.6. The van der Waals surface area contributed by atoms with Gasteiger partial charge in [-0.15, -0.1) is 0 Å². The molecular weight excluding hydrogens is 667 g/mol. The van der Waals surface area contributed by atoms with E-state index in [1.54, 1.807) is 67.7 Å². The van der Waals surface area contributed by atoms with Crippen molar-refractivity contribution in [2.45, 2.75) is 13.2 Å². The number of benzene rings is 5. The Labute approximate surface area is 293 Å². The zero-order chi connectivity index (χ0) is 33.5. The summed E-state index contributed by atoms with van der Waals surface area (Å²) in [5.41, 5.74) is 4.06. The van der Waals surface area contributed by atoms with Crippen LogP contribution in [0.1, 0.15) is 16.7 Å². The second-order valence-electron chi connectivity index (χ2n) is 10.6. The highest BCUT2D eigenvalue weighted by Gasteiger charge is 2.35. The highest BCUT2D eigenvalue weighted by atomic mass is 35.5. The van der Waals surface area contributed by atoms with E-state index < -0.39 is 0 Å². The standard InChI is InChI=1S/C38H30Cl2N2O5S/c1-44-34-20-26(8-18-32(34)47-24-27-9-19-33(35(21-27)45-2)46-23-25-6-4-3-5-7-25)22-36-37(43)42(31-16-12-29(40)13-17-31)38(48-36)41-30-14-10-28(39)11-15-30/h3-22H,23-24H2,1-2H3/b36-22+,41-38?. The second kappa shape index (κ2) is 15.3. The van der Waals surface area contributed by atoms with Gasteiger partial charge in [0.25, 0.3) is 5.91 Å². The van der Waals surface area contributed by atoms with Crippen LogP contribution in [0.4, 0.5) is 11.4 Å². The van der Waals surface area contributed by atoms with Crippen molar-refractivity contribution in [3.63, 3.8) is 0 Å². The molecule has 10 heteroatoms. The van der Waals surface area contributed by atoms with Gasteiger partial charge in [0.15, 0.2) is 28.2 Å². The minimum absolute atomic E-state index is 0.209. The zero-order valence-corrected chi connectivity index (χ0v) is 28.4. The summed E-state index contributed by atoms with van der Waals surface area (Å²) in [6.45, 7) is 0.716. The number of hydrogen-bond donors (Lipinski definition) is 0. The number of amides is 1. The number of aliphatic imine (C=N–C) groups is 1. The molecule has 0 spiro atoms. The number of rotatable bonds is 11. The van der Waals surface area contributed by atoms with Crippen LogP contribution in [0.5, 0.6) is 23.0 Å². The molecule has 48 heavy (non-hydrogen) atoms. The first-order valence-electron chi connectivity index (χ1n) is 14.9. The lowest BCUT2D eigenvalue weighted by atomic mass is 10.1. The van der Waals surface area contributed by atoms with Crippen molar-refractivity contribution < 1.29 is 23.7 Å². The highest BCUT2D eigenvalue weighted by Crippen LogP contribution is 2.39. The maximum absolute atomic E-state index is 13.7. The summed E-state index contributed by atoms with van der Waals surface area (Å²) < 4.78 is 23.4. The number of ether oxygens (including phenoxy) is 4. The summed E-state index contributed by atoms with van der Waals surface area (Å²) >= 11 is 13.5. The lowest BCUT2D eigenvalue weighted by molar-refractivity contribution is -0.113. The second-order valence-corrected chi connectivity index (χ2v) is 12.4. The van der Waals surface area contributed by atoms with Crippen molar-refractivity contribution in [2.24, 2.45) is 4.99 Å². The molecule has 5 aromatic carbocycles. The number of thioether (sulfide) groups is 1. The fourth-order valence-electron chi connectivity index (χ4n) is 4.85. The Hall–Kier alpha value is -4.89. The molecule has 0 radical (unpaired) electrons. The molecule has 1 aliphatic rings. The first kappa shape index (κ1) is 33.0. The van der Waals surface area contributed by atoms with Gasteiger partial charge in [-0.05, 0) is 107 Å². The van der Waals surface area contributed by atoms with Crippen LogP contribution in [0.15, 0.2) is 125 Å². The lowest BCUT2D eigenvalue weighted by Crippen LogP contribution is -2.28. The fourth-order valence-corrected chi connectivity index (χ4v) is 6.11. The van der Waals surface area contributed by atoms with E-state index in [9.17, 15) is 4.79 Å². The molecule has 1 aliphatic heterocycles. The molecule has 0 saturated carbocycles.